The molecule has 2 aliphatic carbocycles. The number of hydrogen-bond donors (Lipinski definition) is 1. The Morgan fingerprint density at radius 1 is 0.905 bits per heavy atom. The van der Waals surface area contributed by atoms with Gasteiger partial charge in [0.1, 0.15) is 0 Å². The second kappa shape index (κ2) is 21.2. The van der Waals surface area contributed by atoms with Crippen LogP contribution in [0.1, 0.15) is 178 Å². The van der Waals surface area contributed by atoms with Gasteiger partial charge in [0.25, 0.3) is 6.43 Å². The molecule has 0 amide bonds. The Morgan fingerprint density at radius 2 is 1.70 bits per heavy atom. The number of aromatic nitrogens is 4. The number of nitrogens with one attached hydrogen (secondary N) is 1. The maximum absolute atomic E-state index is 15.3. The van der Waals surface area contributed by atoms with Gasteiger partial charge < -0.3 is 19.7 Å². The number of piperidine rings is 2. The maximum atomic E-state index is 15.3. The molecule has 0 radical (unpaired) electrons. The van der Waals surface area contributed by atoms with Crippen LogP contribution in [0.3, 0.4) is 0 Å². The van der Waals surface area contributed by atoms with Crippen molar-refractivity contribution in [3.05, 3.63) is 176 Å². The van der Waals surface area contributed by atoms with Gasteiger partial charge in [0.15, 0.2) is 5.82 Å². The van der Waals surface area contributed by atoms with Crippen LogP contribution >= 0.6 is 0 Å². The quantitative estimate of drug-likeness (QED) is 0.113. The number of aryl methyl sites for hydroxylation is 2. The summed E-state index contributed by atoms with van der Waals surface area (Å²) < 4.78 is 35.3. The van der Waals surface area contributed by atoms with Crippen LogP contribution in [0.4, 0.5) is 20.3 Å². The lowest BCUT2D eigenvalue weighted by molar-refractivity contribution is 0.151. The first kappa shape index (κ1) is 51.3. The molecular formula is C65H79F2N7. The Morgan fingerprint density at radius 3 is 2.46 bits per heavy atom. The second-order valence-corrected chi connectivity index (χ2v) is 23.2. The van der Waals surface area contributed by atoms with E-state index < -0.39 is 6.43 Å². The van der Waals surface area contributed by atoms with Crippen LogP contribution in [0.15, 0.2) is 104 Å². The molecular weight excluding hydrogens is 917 g/mol. The third-order valence-electron chi connectivity index (χ3n) is 17.3. The largest absolute Gasteiger partial charge is 0.375 e. The van der Waals surface area contributed by atoms with Gasteiger partial charge in [0.2, 0.25) is 0 Å². The molecule has 0 saturated carbocycles. The van der Waals surface area contributed by atoms with Crippen molar-refractivity contribution >= 4 is 36.3 Å². The molecule has 10 rings (SSSR count). The molecule has 6 heterocycles. The molecule has 3 aliphatic heterocycles. The first-order valence-electron chi connectivity index (χ1n) is 27.8. The van der Waals surface area contributed by atoms with Crippen molar-refractivity contribution in [2.45, 2.75) is 155 Å². The van der Waals surface area contributed by atoms with Crippen LogP contribution in [-0.4, -0.2) is 43.9 Å². The highest BCUT2D eigenvalue weighted by Crippen LogP contribution is 2.45. The summed E-state index contributed by atoms with van der Waals surface area (Å²) in [6.45, 7) is 35.9. The Balaban J connectivity index is 0.777. The number of benzene rings is 2. The highest BCUT2D eigenvalue weighted by atomic mass is 19.3. The molecule has 0 spiro atoms. The Kier molecular flexibility index (Phi) is 14.7. The summed E-state index contributed by atoms with van der Waals surface area (Å²) in [4.78, 5) is 9.19. The van der Waals surface area contributed by atoms with Crippen LogP contribution in [-0.2, 0) is 32.1 Å². The summed E-state index contributed by atoms with van der Waals surface area (Å²) in [5.41, 5.74) is 16.7. The number of likely N-dealkylation sites (tertiary alicyclic amines) is 1. The van der Waals surface area contributed by atoms with Crippen LogP contribution < -0.4 is 20.9 Å². The molecule has 5 aromatic rings. The zero-order valence-electron chi connectivity index (χ0n) is 45.0. The number of rotatable bonds is 15. The predicted molar refractivity (Wildman–Crippen MR) is 303 cm³/mol. The van der Waals surface area contributed by atoms with Crippen molar-refractivity contribution in [1.82, 2.24) is 29.5 Å². The summed E-state index contributed by atoms with van der Waals surface area (Å²) >= 11 is 0. The summed E-state index contributed by atoms with van der Waals surface area (Å²) in [6, 6.07) is 15.4. The fourth-order valence-electron chi connectivity index (χ4n) is 13.2. The number of hydrogen-bond acceptors (Lipinski definition) is 5. The van der Waals surface area contributed by atoms with Gasteiger partial charge in [-0.2, -0.15) is 5.10 Å². The Labute approximate surface area is 439 Å². The first-order chi connectivity index (χ1) is 35.6. The number of alkyl halides is 2. The van der Waals surface area contributed by atoms with E-state index in [9.17, 15) is 0 Å². The van der Waals surface area contributed by atoms with Crippen molar-refractivity contribution in [1.29, 1.82) is 0 Å². The van der Waals surface area contributed by atoms with Gasteiger partial charge in [0, 0.05) is 99.9 Å². The van der Waals surface area contributed by atoms with Gasteiger partial charge in [-0.1, -0.05) is 110 Å². The minimum atomic E-state index is -2.63. The van der Waals surface area contributed by atoms with Crippen LogP contribution in [0.5, 0.6) is 0 Å². The lowest BCUT2D eigenvalue weighted by atomic mass is 9.74. The van der Waals surface area contributed by atoms with Crippen molar-refractivity contribution in [3.63, 3.8) is 0 Å². The van der Waals surface area contributed by atoms with Gasteiger partial charge in [-0.25, -0.2) is 8.78 Å². The zero-order chi connectivity index (χ0) is 52.0. The molecule has 2 fully saturated rings. The molecule has 74 heavy (non-hydrogen) atoms. The lowest BCUT2D eigenvalue weighted by Gasteiger charge is -2.36. The minimum Gasteiger partial charge on any atom is -0.375 e. The monoisotopic (exact) mass is 996 g/mol. The van der Waals surface area contributed by atoms with Gasteiger partial charge in [-0.15, -0.1) is 0 Å². The molecule has 3 unspecified atom stereocenters. The van der Waals surface area contributed by atoms with Crippen molar-refractivity contribution in [2.24, 2.45) is 11.3 Å². The van der Waals surface area contributed by atoms with E-state index in [1.165, 1.54) is 39.2 Å². The van der Waals surface area contributed by atoms with E-state index in [1.54, 1.807) is 12.3 Å². The maximum Gasteiger partial charge on any atom is 0.264 e. The van der Waals surface area contributed by atoms with Crippen LogP contribution in [0, 0.1) is 18.3 Å². The number of fused-ring (bicyclic) bond motifs is 3. The SMILES string of the molecule is C=C1CCC(n2c(=C)c3c(c2=C)CC(C)(CCCC(C)c2cccc(CC(=C)N4CCC(n5nc(N6CCCc7cc(/C(=C/C(C)C)c8cnccc8C)c(C(F)F)cc76)c6c5CCCC6)CC4)c2)C=C3)C(=C)N1. The fourth-order valence-corrected chi connectivity index (χ4v) is 13.2. The molecule has 0 bridgehead atoms. The minimum absolute atomic E-state index is 0.0735. The summed E-state index contributed by atoms with van der Waals surface area (Å²) in [5.74, 6) is 1.61. The molecule has 7 nitrogen and oxygen atoms in total. The highest BCUT2D eigenvalue weighted by Gasteiger charge is 2.35. The topological polar surface area (TPSA) is 54.2 Å². The van der Waals surface area contributed by atoms with Crippen LogP contribution in [0.25, 0.3) is 24.8 Å². The number of pyridine rings is 1. The molecule has 5 aliphatic rings. The smallest absolute Gasteiger partial charge is 0.264 e. The molecule has 3 aromatic heterocycles. The Hall–Kier alpha value is -6.22. The molecule has 2 saturated heterocycles. The summed E-state index contributed by atoms with van der Waals surface area (Å²) in [7, 11) is 0. The third kappa shape index (κ3) is 10.2. The van der Waals surface area contributed by atoms with Gasteiger partial charge in [-0.05, 0) is 165 Å². The van der Waals surface area contributed by atoms with Gasteiger partial charge in [-0.3, -0.25) is 9.67 Å². The molecule has 3 atom stereocenters. The highest BCUT2D eigenvalue weighted by molar-refractivity contribution is 5.85. The van der Waals surface area contributed by atoms with E-state index >= 15 is 8.78 Å². The molecule has 9 heteroatoms. The summed E-state index contributed by atoms with van der Waals surface area (Å²) in [6.07, 6.45) is 23.0. The first-order valence-corrected chi connectivity index (χ1v) is 27.8. The van der Waals surface area contributed by atoms with Gasteiger partial charge >= 0.3 is 0 Å². The van der Waals surface area contributed by atoms with Crippen molar-refractivity contribution in [2.75, 3.05) is 24.5 Å². The van der Waals surface area contributed by atoms with E-state index in [1.807, 2.05) is 19.2 Å². The normalized spacial score (nSPS) is 20.7. The average molecular weight is 996 g/mol. The number of halogens is 2. The number of anilines is 2. The third-order valence-corrected chi connectivity index (χ3v) is 17.3. The standard InChI is InChI=1S/C65H79F2N7/c1-41(2)34-55(59-40-68-30-25-43(59)4)56-37-51-19-15-31-72(62(51)38-57(56)63(66)67)64-54-20-11-12-21-61(54)74(70-64)52-26-32-71(33-27-52)45(6)35-49-17-13-18-50(36-49)42(3)16-14-28-65(10)29-24-53-47(8)73(48(9)58(53)39-65)60-23-22-44(5)69-46(60)7/h13,17-18,24-25,29-30,34,36-38,40-42,52,60,63,69H,5-9,11-12,14-16,19-23,26-28,31-33,35,39H2,1-4,10H3/b55-34-. The van der Waals surface area contributed by atoms with Crippen molar-refractivity contribution in [3.8, 4) is 0 Å². The van der Waals surface area contributed by atoms with Crippen molar-refractivity contribution < 1.29 is 8.78 Å². The zero-order valence-corrected chi connectivity index (χ0v) is 45.0. The number of allylic oxidation sites excluding steroid dienone is 5. The summed E-state index contributed by atoms with van der Waals surface area (Å²) in [5, 5.41) is 11.0. The number of nitrogens with zero attached hydrogens (tertiary/aromatic N) is 6. The van der Waals surface area contributed by atoms with E-state index in [4.69, 9.17) is 5.10 Å². The Bertz CT molecular complexity index is 3140. The van der Waals surface area contributed by atoms with Crippen LogP contribution in [0.2, 0.25) is 0 Å². The van der Waals surface area contributed by atoms with E-state index in [0.29, 0.717) is 11.5 Å². The van der Waals surface area contributed by atoms with E-state index in [2.05, 4.69) is 138 Å². The lowest BCUT2D eigenvalue weighted by Crippen LogP contribution is -2.37. The fraction of sp³-hybridized carbons (Fsp3) is 0.446. The molecule has 388 valence electrons. The molecule has 1 N–H and O–H groups in total. The average Bonchev–Trinajstić information content (AvgIpc) is 3.88. The second-order valence-electron chi connectivity index (χ2n) is 23.2. The van der Waals surface area contributed by atoms with E-state index in [0.717, 1.165) is 172 Å². The predicted octanol–water partition coefficient (Wildman–Crippen LogP) is 14.1. The van der Waals surface area contributed by atoms with E-state index in [-0.39, 0.29) is 29.0 Å². The van der Waals surface area contributed by atoms with Gasteiger partial charge in [0.05, 0.1) is 12.1 Å². The molecule has 2 aromatic carbocycles.